The van der Waals surface area contributed by atoms with E-state index in [-0.39, 0.29) is 0 Å². The van der Waals surface area contributed by atoms with Crippen LogP contribution in [0.4, 0.5) is 4.79 Å². The first kappa shape index (κ1) is 15.5. The summed E-state index contributed by atoms with van der Waals surface area (Å²) in [5.41, 5.74) is 0. The molecule has 0 aromatic heterocycles. The lowest BCUT2D eigenvalue weighted by molar-refractivity contribution is -0.120. The number of unbranched alkanes of at least 4 members (excludes halogenated alkanes) is 3. The molecule has 0 fully saturated rings. The number of amides is 3. The van der Waals surface area contributed by atoms with Gasteiger partial charge in [-0.15, -0.1) is 4.91 Å². The van der Waals surface area contributed by atoms with Crippen LogP contribution in [0.2, 0.25) is 0 Å². The summed E-state index contributed by atoms with van der Waals surface area (Å²) in [6.07, 6.45) is 2.69. The van der Waals surface area contributed by atoms with Crippen LogP contribution in [-0.4, -0.2) is 24.5 Å². The number of nitroso groups, excluding NO2 is 1. The third kappa shape index (κ3) is 6.90. The highest BCUT2D eigenvalue weighted by atomic mass is 16.3. The highest BCUT2D eigenvalue weighted by Crippen LogP contribution is 1.97. The third-order valence-corrected chi connectivity index (χ3v) is 1.96. The second-order valence-corrected chi connectivity index (χ2v) is 3.35. The van der Waals surface area contributed by atoms with E-state index in [2.05, 4.69) is 10.5 Å². The van der Waals surface area contributed by atoms with E-state index in [1.165, 1.54) is 6.07 Å². The lowest BCUT2D eigenvalue weighted by Crippen LogP contribution is -2.43. The maximum Gasteiger partial charge on any atom is 0.321 e. The average Bonchev–Trinajstić information content (AvgIpc) is 2.35. The molecule has 8 nitrogen and oxygen atoms in total. The third-order valence-electron chi connectivity index (χ3n) is 1.96. The molecular weight excluding hydrogens is 238 g/mol. The van der Waals surface area contributed by atoms with Crippen LogP contribution in [0.25, 0.3) is 0 Å². The number of nitriles is 2. The van der Waals surface area contributed by atoms with Crippen LogP contribution >= 0.6 is 0 Å². The molecular formula is C10H13N5O3. The molecule has 0 aliphatic heterocycles. The fourth-order valence-corrected chi connectivity index (χ4v) is 1.06. The summed E-state index contributed by atoms with van der Waals surface area (Å²) in [7, 11) is 0. The zero-order chi connectivity index (χ0) is 13.8. The van der Waals surface area contributed by atoms with Gasteiger partial charge in [-0.05, 0) is 18.0 Å². The minimum Gasteiger partial charge on any atom is -0.338 e. The SMILES string of the molecule is N#CCCCCCNC(=O)NC(=O)C(C#N)N=O. The van der Waals surface area contributed by atoms with E-state index < -0.39 is 18.0 Å². The van der Waals surface area contributed by atoms with Gasteiger partial charge in [0.1, 0.15) is 6.07 Å². The van der Waals surface area contributed by atoms with Crippen molar-refractivity contribution in [3.8, 4) is 12.1 Å². The molecule has 0 saturated carbocycles. The van der Waals surface area contributed by atoms with Gasteiger partial charge in [-0.1, -0.05) is 6.42 Å². The summed E-state index contributed by atoms with van der Waals surface area (Å²) in [6, 6.07) is 0.859. The number of hydrogen-bond acceptors (Lipinski definition) is 6. The molecule has 1 unspecified atom stereocenters. The summed E-state index contributed by atoms with van der Waals surface area (Å²) < 4.78 is 0. The number of imide groups is 1. The molecule has 0 heterocycles. The van der Waals surface area contributed by atoms with Crippen molar-refractivity contribution in [2.75, 3.05) is 6.54 Å². The van der Waals surface area contributed by atoms with Crippen molar-refractivity contribution in [1.82, 2.24) is 10.6 Å². The predicted octanol–water partition coefficient (Wildman–Crippen LogP) is 0.555. The van der Waals surface area contributed by atoms with E-state index in [0.29, 0.717) is 19.4 Å². The monoisotopic (exact) mass is 251 g/mol. The lowest BCUT2D eigenvalue weighted by Gasteiger charge is -2.06. The molecule has 2 N–H and O–H groups in total. The Morgan fingerprint density at radius 2 is 1.94 bits per heavy atom. The van der Waals surface area contributed by atoms with Crippen molar-refractivity contribution in [2.45, 2.75) is 31.7 Å². The van der Waals surface area contributed by atoms with Crippen LogP contribution in [0.5, 0.6) is 0 Å². The van der Waals surface area contributed by atoms with Crippen LogP contribution in [0.15, 0.2) is 5.18 Å². The predicted molar refractivity (Wildman–Crippen MR) is 60.8 cm³/mol. The number of carbonyl (C=O) groups excluding carboxylic acids is 2. The minimum absolute atomic E-state index is 0.344. The number of rotatable bonds is 7. The number of nitrogens with one attached hydrogen (secondary N) is 2. The van der Waals surface area contributed by atoms with Gasteiger partial charge in [0, 0.05) is 13.0 Å². The summed E-state index contributed by atoms with van der Waals surface area (Å²) >= 11 is 0. The van der Waals surface area contributed by atoms with Gasteiger partial charge in [-0.3, -0.25) is 10.1 Å². The Labute approximate surface area is 104 Å². The standard InChI is InChI=1S/C10H13N5O3/c11-5-3-1-2-4-6-13-10(17)14-9(16)8(7-12)15-18/h8H,1-4,6H2,(H2,13,14,16,17). The summed E-state index contributed by atoms with van der Waals surface area (Å²) in [6.45, 7) is 0.344. The molecule has 0 bridgehead atoms. The van der Waals surface area contributed by atoms with Crippen LogP contribution in [0, 0.1) is 27.6 Å². The van der Waals surface area contributed by atoms with Crippen molar-refractivity contribution < 1.29 is 9.59 Å². The maximum absolute atomic E-state index is 11.1. The average molecular weight is 251 g/mol. The van der Waals surface area contributed by atoms with Gasteiger partial charge in [0.2, 0.25) is 0 Å². The Morgan fingerprint density at radius 3 is 2.50 bits per heavy atom. The number of urea groups is 1. The van der Waals surface area contributed by atoms with E-state index >= 15 is 0 Å². The summed E-state index contributed by atoms with van der Waals surface area (Å²) in [4.78, 5) is 32.2. The molecule has 8 heteroatoms. The maximum atomic E-state index is 11.1. The Morgan fingerprint density at radius 1 is 1.22 bits per heavy atom. The smallest absolute Gasteiger partial charge is 0.321 e. The second kappa shape index (κ2) is 9.73. The molecule has 96 valence electrons. The quantitative estimate of drug-likeness (QED) is 0.503. The molecule has 0 saturated heterocycles. The molecule has 0 rings (SSSR count). The normalized spacial score (nSPS) is 10.6. The van der Waals surface area contributed by atoms with Gasteiger partial charge in [-0.25, -0.2) is 4.79 Å². The molecule has 0 spiro atoms. The molecule has 18 heavy (non-hydrogen) atoms. The molecule has 1 atom stereocenters. The van der Waals surface area contributed by atoms with Gasteiger partial charge in [-0.2, -0.15) is 10.5 Å². The highest BCUT2D eigenvalue weighted by Gasteiger charge is 2.20. The van der Waals surface area contributed by atoms with Crippen LogP contribution < -0.4 is 10.6 Å². The van der Waals surface area contributed by atoms with E-state index in [0.717, 1.165) is 12.8 Å². The molecule has 0 aliphatic rings. The van der Waals surface area contributed by atoms with Crippen molar-refractivity contribution in [2.24, 2.45) is 5.18 Å². The van der Waals surface area contributed by atoms with Gasteiger partial charge in [0.15, 0.2) is 0 Å². The van der Waals surface area contributed by atoms with E-state index in [4.69, 9.17) is 10.5 Å². The number of hydrogen-bond donors (Lipinski definition) is 2. The van der Waals surface area contributed by atoms with Crippen LogP contribution in [-0.2, 0) is 4.79 Å². The Hall–Kier alpha value is -2.48. The first-order valence-corrected chi connectivity index (χ1v) is 5.33. The van der Waals surface area contributed by atoms with E-state index in [1.807, 2.05) is 11.4 Å². The van der Waals surface area contributed by atoms with Gasteiger partial charge >= 0.3 is 6.03 Å². The van der Waals surface area contributed by atoms with Crippen molar-refractivity contribution in [3.05, 3.63) is 4.91 Å². The summed E-state index contributed by atoms with van der Waals surface area (Å²) in [5.74, 6) is -1.05. The summed E-state index contributed by atoms with van der Waals surface area (Å²) in [5, 5.41) is 23.1. The largest absolute Gasteiger partial charge is 0.338 e. The minimum atomic E-state index is -1.72. The van der Waals surface area contributed by atoms with Gasteiger partial charge in [0.25, 0.3) is 11.9 Å². The van der Waals surface area contributed by atoms with Crippen molar-refractivity contribution in [1.29, 1.82) is 10.5 Å². The van der Waals surface area contributed by atoms with E-state index in [1.54, 1.807) is 0 Å². The molecule has 0 aliphatic carbocycles. The topological polar surface area (TPSA) is 135 Å². The Kier molecular flexibility index (Phi) is 8.39. The van der Waals surface area contributed by atoms with Crippen LogP contribution in [0.1, 0.15) is 25.7 Å². The first-order valence-electron chi connectivity index (χ1n) is 5.33. The molecule has 3 amide bonds. The lowest BCUT2D eigenvalue weighted by atomic mass is 10.2. The Bertz CT molecular complexity index is 382. The fraction of sp³-hybridized carbons (Fsp3) is 0.600. The zero-order valence-electron chi connectivity index (χ0n) is 9.68. The fourth-order valence-electron chi connectivity index (χ4n) is 1.06. The number of nitrogens with zero attached hydrogens (tertiary/aromatic N) is 3. The van der Waals surface area contributed by atoms with Crippen LogP contribution in [0.3, 0.4) is 0 Å². The van der Waals surface area contributed by atoms with Gasteiger partial charge < -0.3 is 5.32 Å². The van der Waals surface area contributed by atoms with Gasteiger partial charge in [0.05, 0.1) is 6.07 Å². The Balaban J connectivity index is 3.72. The highest BCUT2D eigenvalue weighted by molar-refractivity contribution is 5.98. The first-order chi connectivity index (χ1) is 8.65. The van der Waals surface area contributed by atoms with Crippen molar-refractivity contribution >= 4 is 11.9 Å². The molecule has 0 aromatic carbocycles. The number of carbonyl (C=O) groups is 2. The van der Waals surface area contributed by atoms with E-state index in [9.17, 15) is 14.5 Å². The molecule has 0 aromatic rings. The second-order valence-electron chi connectivity index (χ2n) is 3.35. The van der Waals surface area contributed by atoms with Crippen molar-refractivity contribution in [3.63, 3.8) is 0 Å². The molecule has 0 radical (unpaired) electrons. The zero-order valence-corrected chi connectivity index (χ0v) is 9.68.